The van der Waals surface area contributed by atoms with Gasteiger partial charge < -0.3 is 13.8 Å². The Labute approximate surface area is 133 Å². The number of furan rings is 1. The van der Waals surface area contributed by atoms with Gasteiger partial charge in [0.15, 0.2) is 0 Å². The molecule has 3 aromatic heterocycles. The maximum atomic E-state index is 12.3. The van der Waals surface area contributed by atoms with Gasteiger partial charge >= 0.3 is 0 Å². The smallest absolute Gasteiger partial charge is 0.264 e. The minimum absolute atomic E-state index is 0.0806. The predicted molar refractivity (Wildman–Crippen MR) is 80.9 cm³/mol. The van der Waals surface area contributed by atoms with Crippen molar-refractivity contribution in [2.75, 3.05) is 0 Å². The van der Waals surface area contributed by atoms with Crippen LogP contribution in [0.25, 0.3) is 11.6 Å². The largest absolute Gasteiger partial charge is 0.465 e. The molecule has 0 saturated heterocycles. The Balaban J connectivity index is 1.75. The maximum absolute atomic E-state index is 12.3. The highest BCUT2D eigenvalue weighted by atomic mass is 32.2. The molecular weight excluding hydrogens is 320 g/mol. The Morgan fingerprint density at radius 3 is 2.74 bits per heavy atom. The van der Waals surface area contributed by atoms with E-state index < -0.39 is 10.0 Å². The summed E-state index contributed by atoms with van der Waals surface area (Å²) in [5, 5.41) is 7.72. The van der Waals surface area contributed by atoms with Crippen molar-refractivity contribution in [2.24, 2.45) is 0 Å². The summed E-state index contributed by atoms with van der Waals surface area (Å²) >= 11 is 0. The third-order valence-corrected chi connectivity index (χ3v) is 4.58. The Morgan fingerprint density at radius 1 is 1.26 bits per heavy atom. The van der Waals surface area contributed by atoms with E-state index in [1.54, 1.807) is 19.1 Å². The standard InChI is InChI=1S/C14H16N4O4S/c1-3-13-17-18-14(22-13)12-6-11(8-15-12)23(19,20)16-7-10-5-4-9(2)21-10/h4-6,8,15-16H,3,7H2,1-2H3. The number of hydrogen-bond donors (Lipinski definition) is 2. The van der Waals surface area contributed by atoms with Crippen molar-refractivity contribution in [3.8, 4) is 11.6 Å². The zero-order valence-electron chi connectivity index (χ0n) is 12.7. The van der Waals surface area contributed by atoms with Gasteiger partial charge in [0.2, 0.25) is 15.9 Å². The minimum Gasteiger partial charge on any atom is -0.465 e. The van der Waals surface area contributed by atoms with E-state index in [1.807, 2.05) is 6.92 Å². The molecule has 3 rings (SSSR count). The number of aromatic amines is 1. The summed E-state index contributed by atoms with van der Waals surface area (Å²) in [5.41, 5.74) is 0.450. The second kappa shape index (κ2) is 6.01. The van der Waals surface area contributed by atoms with Crippen molar-refractivity contribution in [2.45, 2.75) is 31.7 Å². The first-order valence-corrected chi connectivity index (χ1v) is 8.52. The normalized spacial score (nSPS) is 11.9. The van der Waals surface area contributed by atoms with Gasteiger partial charge in [-0.1, -0.05) is 6.92 Å². The fraction of sp³-hybridized carbons (Fsp3) is 0.286. The molecule has 0 aliphatic carbocycles. The van der Waals surface area contributed by atoms with Crippen LogP contribution in [0.15, 0.2) is 38.1 Å². The van der Waals surface area contributed by atoms with Crippen LogP contribution in [0.1, 0.15) is 24.3 Å². The van der Waals surface area contributed by atoms with Crippen LogP contribution in [0.5, 0.6) is 0 Å². The van der Waals surface area contributed by atoms with E-state index in [1.165, 1.54) is 12.3 Å². The lowest BCUT2D eigenvalue weighted by Gasteiger charge is -2.02. The lowest BCUT2D eigenvalue weighted by molar-refractivity contribution is 0.475. The van der Waals surface area contributed by atoms with Gasteiger partial charge in [-0.2, -0.15) is 0 Å². The molecule has 0 atom stereocenters. The van der Waals surface area contributed by atoms with Crippen LogP contribution in [-0.4, -0.2) is 23.6 Å². The molecular formula is C14H16N4O4S. The lowest BCUT2D eigenvalue weighted by atomic mass is 10.4. The van der Waals surface area contributed by atoms with Crippen LogP contribution in [0.2, 0.25) is 0 Å². The monoisotopic (exact) mass is 336 g/mol. The first kappa shape index (κ1) is 15.5. The van der Waals surface area contributed by atoms with Gasteiger partial charge in [-0.15, -0.1) is 10.2 Å². The molecule has 9 heteroatoms. The highest BCUT2D eigenvalue weighted by Crippen LogP contribution is 2.20. The Morgan fingerprint density at radius 2 is 2.09 bits per heavy atom. The molecule has 0 bridgehead atoms. The van der Waals surface area contributed by atoms with E-state index in [4.69, 9.17) is 8.83 Å². The highest BCUT2D eigenvalue weighted by molar-refractivity contribution is 7.89. The number of nitrogens with one attached hydrogen (secondary N) is 2. The van der Waals surface area contributed by atoms with Gasteiger partial charge in [0.1, 0.15) is 22.1 Å². The van der Waals surface area contributed by atoms with E-state index in [0.29, 0.717) is 23.8 Å². The van der Waals surface area contributed by atoms with Gasteiger partial charge in [-0.25, -0.2) is 13.1 Å². The maximum Gasteiger partial charge on any atom is 0.264 e. The molecule has 0 spiro atoms. The summed E-state index contributed by atoms with van der Waals surface area (Å²) in [6.07, 6.45) is 1.99. The molecule has 3 aromatic rings. The number of sulfonamides is 1. The second-order valence-corrected chi connectivity index (χ2v) is 6.71. The lowest BCUT2D eigenvalue weighted by Crippen LogP contribution is -2.22. The molecule has 0 unspecified atom stereocenters. The van der Waals surface area contributed by atoms with E-state index in [-0.39, 0.29) is 17.3 Å². The van der Waals surface area contributed by atoms with Crippen molar-refractivity contribution in [3.63, 3.8) is 0 Å². The average Bonchev–Trinajstić information content (AvgIpc) is 3.25. The number of hydrogen-bond acceptors (Lipinski definition) is 6. The van der Waals surface area contributed by atoms with Crippen molar-refractivity contribution >= 4 is 10.0 Å². The first-order valence-electron chi connectivity index (χ1n) is 7.04. The fourth-order valence-corrected chi connectivity index (χ4v) is 2.97. The summed E-state index contributed by atoms with van der Waals surface area (Å²) in [6.45, 7) is 3.77. The molecule has 8 nitrogen and oxygen atoms in total. The van der Waals surface area contributed by atoms with Crippen LogP contribution in [0, 0.1) is 6.92 Å². The van der Waals surface area contributed by atoms with Crippen molar-refractivity contribution in [1.82, 2.24) is 19.9 Å². The molecule has 0 saturated carbocycles. The minimum atomic E-state index is -3.67. The Bertz CT molecular complexity index is 907. The van der Waals surface area contributed by atoms with Crippen molar-refractivity contribution in [1.29, 1.82) is 0 Å². The van der Waals surface area contributed by atoms with Gasteiger partial charge in [-0.3, -0.25) is 0 Å². The molecule has 2 N–H and O–H groups in total. The zero-order chi connectivity index (χ0) is 16.4. The average molecular weight is 336 g/mol. The van der Waals surface area contributed by atoms with E-state index >= 15 is 0 Å². The summed E-state index contributed by atoms with van der Waals surface area (Å²) < 4.78 is 37.8. The quantitative estimate of drug-likeness (QED) is 0.711. The fourth-order valence-electron chi connectivity index (χ4n) is 1.99. The molecule has 23 heavy (non-hydrogen) atoms. The van der Waals surface area contributed by atoms with E-state index in [0.717, 1.165) is 5.76 Å². The van der Waals surface area contributed by atoms with Crippen LogP contribution in [0.4, 0.5) is 0 Å². The van der Waals surface area contributed by atoms with Gasteiger partial charge in [0, 0.05) is 12.6 Å². The summed E-state index contributed by atoms with van der Waals surface area (Å²) in [6, 6.07) is 4.95. The second-order valence-electron chi connectivity index (χ2n) is 4.94. The summed E-state index contributed by atoms with van der Waals surface area (Å²) in [5.74, 6) is 2.02. The first-order chi connectivity index (χ1) is 11.0. The molecule has 0 fully saturated rings. The van der Waals surface area contributed by atoms with Crippen molar-refractivity contribution < 1.29 is 17.3 Å². The SMILES string of the molecule is CCc1nnc(-c2cc(S(=O)(=O)NCc3ccc(C)o3)c[nH]2)o1. The van der Waals surface area contributed by atoms with E-state index in [2.05, 4.69) is 19.9 Å². The molecule has 122 valence electrons. The summed E-state index contributed by atoms with van der Waals surface area (Å²) in [7, 11) is -3.67. The molecule has 0 amide bonds. The third-order valence-electron chi connectivity index (χ3n) is 3.20. The van der Waals surface area contributed by atoms with Gasteiger partial charge in [-0.05, 0) is 25.1 Å². The number of rotatable bonds is 6. The van der Waals surface area contributed by atoms with Crippen molar-refractivity contribution in [3.05, 3.63) is 41.8 Å². The Kier molecular flexibility index (Phi) is 4.05. The zero-order valence-corrected chi connectivity index (χ0v) is 13.5. The van der Waals surface area contributed by atoms with Crippen LogP contribution >= 0.6 is 0 Å². The molecule has 0 aliphatic heterocycles. The highest BCUT2D eigenvalue weighted by Gasteiger charge is 2.19. The van der Waals surface area contributed by atoms with Gasteiger partial charge in [0.25, 0.3) is 5.89 Å². The number of H-pyrrole nitrogens is 1. The van der Waals surface area contributed by atoms with Crippen LogP contribution in [-0.2, 0) is 23.0 Å². The topological polar surface area (TPSA) is 114 Å². The molecule has 0 aromatic carbocycles. The number of nitrogens with zero attached hydrogens (tertiary/aromatic N) is 2. The third kappa shape index (κ3) is 3.35. The molecule has 0 radical (unpaired) electrons. The van der Waals surface area contributed by atoms with Gasteiger partial charge in [0.05, 0.1) is 6.54 Å². The Hall–Kier alpha value is -2.39. The van der Waals surface area contributed by atoms with Crippen LogP contribution < -0.4 is 4.72 Å². The predicted octanol–water partition coefficient (Wildman–Crippen LogP) is 2.01. The number of aromatic nitrogens is 3. The van der Waals surface area contributed by atoms with Crippen LogP contribution in [0.3, 0.4) is 0 Å². The molecule has 3 heterocycles. The number of aryl methyl sites for hydroxylation is 2. The van der Waals surface area contributed by atoms with E-state index in [9.17, 15) is 8.42 Å². The molecule has 0 aliphatic rings. The summed E-state index contributed by atoms with van der Waals surface area (Å²) in [4.78, 5) is 2.92.